The molecule has 6 fully saturated rings. The minimum atomic E-state index is -0.183. The Bertz CT molecular complexity index is 6310. The van der Waals surface area contributed by atoms with E-state index in [-0.39, 0.29) is 39.5 Å². The molecule has 6 heterocycles. The second kappa shape index (κ2) is 56.6. The number of piperidine rings is 6. The molecule has 0 bridgehead atoms. The smallest absolute Gasteiger partial charge is 0.127 e. The van der Waals surface area contributed by atoms with Crippen LogP contribution in [0.5, 0.6) is 34.5 Å². The second-order valence-corrected chi connectivity index (χ2v) is 53.1. The van der Waals surface area contributed by atoms with E-state index in [1.807, 2.05) is 120 Å². The summed E-state index contributed by atoms with van der Waals surface area (Å²) in [5, 5.41) is 75.7. The first kappa shape index (κ1) is 118. The third-order valence-corrected chi connectivity index (χ3v) is 37.7. The van der Waals surface area contributed by atoms with Gasteiger partial charge in [0, 0.05) is 76.7 Å². The maximum atomic E-state index is 13.8. The highest BCUT2D eigenvalue weighted by molar-refractivity contribution is 7.57. The monoisotopic (exact) mass is 2130 g/mol. The first-order chi connectivity index (χ1) is 71.2. The Labute approximate surface area is 900 Å². The van der Waals surface area contributed by atoms with Crippen LogP contribution in [0.4, 0.5) is 17.6 Å². The van der Waals surface area contributed by atoms with Gasteiger partial charge in [0.05, 0.1) is 0 Å². The first-order valence-electron chi connectivity index (χ1n) is 54.4. The zero-order chi connectivity index (χ0) is 107. The number of benzene rings is 12. The molecule has 0 saturated carbocycles. The number of halogens is 4. The summed E-state index contributed by atoms with van der Waals surface area (Å²) in [7, 11) is 2.33. The average Bonchev–Trinajstić information content (AvgIpc) is 0.778. The summed E-state index contributed by atoms with van der Waals surface area (Å²) in [6.07, 6.45) is 23.0. The van der Waals surface area contributed by atoms with Crippen molar-refractivity contribution in [3.8, 4) is 34.5 Å². The van der Waals surface area contributed by atoms with Crippen molar-refractivity contribution in [3.05, 3.63) is 319 Å². The lowest BCUT2D eigenvalue weighted by Gasteiger charge is -2.29. The number of hydrogen-bond acceptors (Lipinski definition) is 12. The second-order valence-electron chi connectivity index (χ2n) is 45.1. The molecule has 18 rings (SSSR count). The minimum absolute atomic E-state index is 0.0524. The fourth-order valence-electron chi connectivity index (χ4n) is 20.4. The fraction of sp³-hybridized carbons (Fsp3) is 0.433. The van der Waals surface area contributed by atoms with Gasteiger partial charge in [-0.05, 0) is 404 Å². The van der Waals surface area contributed by atoms with E-state index >= 15 is 0 Å². The van der Waals surface area contributed by atoms with E-state index in [0.29, 0.717) is 86.0 Å². The lowest BCUT2D eigenvalue weighted by Crippen LogP contribution is -2.31. The van der Waals surface area contributed by atoms with Gasteiger partial charge in [-0.25, -0.2) is 17.6 Å². The van der Waals surface area contributed by atoms with E-state index in [4.69, 9.17) is 0 Å². The third kappa shape index (κ3) is 36.3. The molecule has 12 nitrogen and oxygen atoms in total. The molecule has 12 aromatic carbocycles. The number of phenols is 6. The van der Waals surface area contributed by atoms with Gasteiger partial charge in [-0.15, -0.1) is 0 Å². The van der Waals surface area contributed by atoms with Crippen LogP contribution in [0.1, 0.15) is 267 Å². The zero-order valence-corrected chi connectivity index (χ0v) is 97.5. The number of nitrogens with zero attached hydrogens (tertiary/aromatic N) is 6. The summed E-state index contributed by atoms with van der Waals surface area (Å²) >= 11 is 0. The van der Waals surface area contributed by atoms with Crippen LogP contribution in [0.25, 0.3) is 0 Å². The van der Waals surface area contributed by atoms with Crippen molar-refractivity contribution >= 4 is 115 Å². The van der Waals surface area contributed by atoms with Gasteiger partial charge in [-0.1, -0.05) is 290 Å². The number of phenolic OH excluding ortho intramolecular Hbond substituents is 6. The number of likely N-dealkylation sites (tertiary alicyclic amines) is 6. The SMILES string of the molecule is Cc1cc(C)c(O)c(Pc2ccc(F)cc2CN2CCCCC2)c1.Cc1ccc(O)c(Pc2ccc(F)cc2CN2CCCCC2)c1.Cc1ccc(Pc2cc(C(C)(C)C)cc(C(C)(C)C)c2O)c(CN2CCCCC2)c1.Cc1ccc(Pc2cc(C(C)(C)C)cc(C)c2O)c(CN2CCCCC2)c1.Cc1cccc(Pc2ccc(F)cc2CN2CCCCC2)c1O.Oc1ccccc1Pc1ccc(F)cc1CN1CCCCC1. The van der Waals surface area contributed by atoms with Crippen molar-refractivity contribution < 1.29 is 48.2 Å². The molecule has 6 N–H and O–H groups in total. The predicted molar refractivity (Wildman–Crippen MR) is 637 cm³/mol. The molecule has 6 unspecified atom stereocenters. The van der Waals surface area contributed by atoms with Gasteiger partial charge >= 0.3 is 0 Å². The molecule has 0 amide bonds. The van der Waals surface area contributed by atoms with Crippen molar-refractivity contribution in [2.75, 3.05) is 78.5 Å². The van der Waals surface area contributed by atoms with E-state index in [9.17, 15) is 48.2 Å². The van der Waals surface area contributed by atoms with Crippen LogP contribution >= 0.6 is 51.5 Å². The van der Waals surface area contributed by atoms with Crippen molar-refractivity contribution in [2.45, 2.75) is 282 Å². The van der Waals surface area contributed by atoms with E-state index in [1.165, 1.54) is 210 Å². The molecule has 6 atom stereocenters. The van der Waals surface area contributed by atoms with Crippen LogP contribution in [-0.4, -0.2) is 139 Å². The maximum Gasteiger partial charge on any atom is 0.127 e. The average molecular weight is 2130 g/mol. The van der Waals surface area contributed by atoms with Crippen LogP contribution in [0, 0.1) is 71.7 Å². The summed E-state index contributed by atoms with van der Waals surface area (Å²) in [4.78, 5) is 14.8. The molecule has 798 valence electrons. The molecule has 22 heteroatoms. The third-order valence-electron chi connectivity index (χ3n) is 29.2. The molecule has 0 radical (unpaired) electrons. The highest BCUT2D eigenvalue weighted by Crippen LogP contribution is 2.40. The molecule has 0 aromatic heterocycles. The molecular weight excluding hydrogens is 1970 g/mol. The Morgan fingerprint density at radius 2 is 0.483 bits per heavy atom. The number of aryl methyl sites for hydroxylation is 7. The van der Waals surface area contributed by atoms with Gasteiger partial charge < -0.3 is 30.6 Å². The summed E-state index contributed by atoms with van der Waals surface area (Å²) in [6, 6.07) is 65.6. The van der Waals surface area contributed by atoms with Crippen LogP contribution in [0.3, 0.4) is 0 Å². The van der Waals surface area contributed by atoms with E-state index in [2.05, 4.69) is 166 Å². The van der Waals surface area contributed by atoms with Crippen molar-refractivity contribution in [1.29, 1.82) is 0 Å². The Hall–Kier alpha value is -8.50. The Morgan fingerprint density at radius 3 is 0.839 bits per heavy atom. The van der Waals surface area contributed by atoms with Gasteiger partial charge in [-0.3, -0.25) is 29.4 Å². The number of aromatic hydroxyl groups is 6. The minimum Gasteiger partial charge on any atom is -0.507 e. The lowest BCUT2D eigenvalue weighted by molar-refractivity contribution is 0.221. The van der Waals surface area contributed by atoms with E-state index < -0.39 is 0 Å². The summed E-state index contributed by atoms with van der Waals surface area (Å²) in [5.74, 6) is 1.59. The molecule has 149 heavy (non-hydrogen) atoms. The summed E-state index contributed by atoms with van der Waals surface area (Å²) in [6.45, 7) is 53.1. The van der Waals surface area contributed by atoms with Crippen molar-refractivity contribution in [2.24, 2.45) is 0 Å². The largest absolute Gasteiger partial charge is 0.507 e. The van der Waals surface area contributed by atoms with Crippen molar-refractivity contribution in [3.63, 3.8) is 0 Å². The molecular formula is C127H166F4N6O6P6. The first-order valence-corrected chi connectivity index (χ1v) is 60.4. The molecule has 6 aliphatic heterocycles. The number of para-hydroxylation sites is 2. The standard InChI is InChI=1S/C27H40NOP.C24H34NOP.C20H25FNOP.2C19H23FNOP.C18H21FNOP/c1-19-11-12-23(20(15-19)18-28-13-9-8-10-14-28)30-24-17-21(26(2,3)4)16-22(25(24)29)27(5,6)7;1-17-9-10-21(19(13-17)16-25-11-7-6-8-12-25)27-22-15-20(24(3,4)5)14-18(2)23(22)26;1-14-10-15(2)20(23)19(11-14)24-18-7-6-17(21)12-16(18)13-22-8-4-3-5-9-22;1-14-5-7-17(22)19(11-14)23-18-8-6-16(20)12-15(18)13-21-9-3-2-4-10-21;1-14-6-5-7-18(19(14)22)23-17-9-8-16(20)12-15(17)13-21-10-3-2-4-11-21;19-15-8-9-17(22-18-7-3-2-6-16(18)21)14(12-15)13-20-10-4-1-5-11-20/h11-12,15-17,29-30H,8-10,13-14,18H2,1-7H3;9-10,13-15,26-27H,6-8,11-12,16H2,1-5H3;6-7,10-12,23-24H,3-5,8-9,13H2,1-2H3;5-8,11-12,22-23H,2-4,9-10,13H2,1H3;5-9,12,22-23H,2-4,10-11,13H2,1H3;2-3,6-9,12,21-22H,1,4-5,10-11,13H2. The number of hydrogen-bond donors (Lipinski definition) is 6. The summed E-state index contributed by atoms with van der Waals surface area (Å²) in [5.41, 5.74) is 18.4. The Morgan fingerprint density at radius 1 is 0.215 bits per heavy atom. The van der Waals surface area contributed by atoms with Crippen LogP contribution < -0.4 is 63.7 Å². The van der Waals surface area contributed by atoms with Gasteiger partial charge in [0.1, 0.15) is 57.8 Å². The van der Waals surface area contributed by atoms with Gasteiger partial charge in [0.2, 0.25) is 0 Å². The fourth-order valence-corrected chi connectivity index (χ4v) is 28.1. The Kier molecular flexibility index (Phi) is 44.6. The quantitative estimate of drug-likeness (QED) is 0.0253. The number of rotatable bonds is 24. The zero-order valence-electron chi connectivity index (χ0n) is 91.5. The highest BCUT2D eigenvalue weighted by Gasteiger charge is 2.29. The van der Waals surface area contributed by atoms with Crippen LogP contribution in [-0.2, 0) is 55.5 Å². The predicted octanol–water partition coefficient (Wildman–Crippen LogP) is 24.7. The van der Waals surface area contributed by atoms with Crippen LogP contribution in [0.15, 0.2) is 206 Å². The van der Waals surface area contributed by atoms with Crippen molar-refractivity contribution in [1.82, 2.24) is 29.4 Å². The van der Waals surface area contributed by atoms with Gasteiger partial charge in [0.15, 0.2) is 0 Å². The topological polar surface area (TPSA) is 141 Å². The molecule has 0 spiro atoms. The molecule has 0 aliphatic carbocycles. The van der Waals surface area contributed by atoms with E-state index in [0.717, 1.165) is 200 Å². The normalized spacial score (nSPS) is 16.3. The molecule has 12 aromatic rings. The Balaban J connectivity index is 0.000000150. The highest BCUT2D eigenvalue weighted by atomic mass is 31.1. The van der Waals surface area contributed by atoms with Gasteiger partial charge in [0.25, 0.3) is 0 Å². The maximum absolute atomic E-state index is 13.8. The van der Waals surface area contributed by atoms with Gasteiger partial charge in [-0.2, -0.15) is 0 Å². The van der Waals surface area contributed by atoms with E-state index in [1.54, 1.807) is 36.4 Å². The molecule has 6 aliphatic rings. The molecule has 6 saturated heterocycles. The lowest BCUT2D eigenvalue weighted by atomic mass is 9.80. The van der Waals surface area contributed by atoms with Crippen LogP contribution in [0.2, 0.25) is 0 Å². The summed E-state index contributed by atoms with van der Waals surface area (Å²) < 4.78 is 54.9.